The molecular weight excluding hydrogens is 272 g/mol. The van der Waals surface area contributed by atoms with E-state index in [1.54, 1.807) is 0 Å². The highest BCUT2D eigenvalue weighted by molar-refractivity contribution is 5.83. The number of benzene rings is 1. The minimum absolute atomic E-state index is 0.0496. The molecule has 114 valence electrons. The van der Waals surface area contributed by atoms with Crippen molar-refractivity contribution in [1.82, 2.24) is 10.2 Å². The lowest BCUT2D eigenvalue weighted by molar-refractivity contribution is -0.141. The molecule has 2 amide bonds. The van der Waals surface area contributed by atoms with Gasteiger partial charge in [-0.15, -0.1) is 0 Å². The number of carbonyl (C=O) groups is 2. The Morgan fingerprint density at radius 1 is 1.38 bits per heavy atom. The summed E-state index contributed by atoms with van der Waals surface area (Å²) in [7, 11) is 0. The molecule has 21 heavy (non-hydrogen) atoms. The summed E-state index contributed by atoms with van der Waals surface area (Å²) in [6, 6.07) is 7.93. The molecule has 0 aromatic heterocycles. The van der Waals surface area contributed by atoms with Crippen molar-refractivity contribution in [2.45, 2.75) is 38.0 Å². The second-order valence-electron chi connectivity index (χ2n) is 5.22. The highest BCUT2D eigenvalue weighted by Gasteiger charge is 2.39. The molecular formula is C15H20N2O4. The number of hydrogen-bond donors (Lipinski definition) is 3. The van der Waals surface area contributed by atoms with Gasteiger partial charge in [-0.2, -0.15) is 0 Å². The standard InChI is InChI=1S/C15H20N2O4/c1-2-12(10-6-4-3-5-7-10)16-15(21)17-9-11(18)8-13(17)14(19)20/h3-7,11-13,18H,2,8-9H2,1H3,(H,16,21)(H,19,20)/t11?,12?,13-/m0/s1. The van der Waals surface area contributed by atoms with Crippen LogP contribution in [-0.2, 0) is 4.79 Å². The number of carboxylic acid groups (broad SMARTS) is 1. The highest BCUT2D eigenvalue weighted by Crippen LogP contribution is 2.21. The number of β-amino-alcohol motifs (C(OH)–C–C–N with tert-alkyl or cyclic N) is 1. The second-order valence-corrected chi connectivity index (χ2v) is 5.22. The Balaban J connectivity index is 2.07. The molecule has 1 aliphatic heterocycles. The lowest BCUT2D eigenvalue weighted by Crippen LogP contribution is -2.47. The number of aliphatic hydroxyl groups is 1. The SMILES string of the molecule is CCC(NC(=O)N1CC(O)C[C@H]1C(=O)O)c1ccccc1. The average Bonchev–Trinajstić information content (AvgIpc) is 2.88. The van der Waals surface area contributed by atoms with Crippen LogP contribution in [-0.4, -0.2) is 45.8 Å². The summed E-state index contributed by atoms with van der Waals surface area (Å²) in [5.41, 5.74) is 0.972. The van der Waals surface area contributed by atoms with Crippen LogP contribution in [0.5, 0.6) is 0 Å². The maximum Gasteiger partial charge on any atom is 0.326 e. The number of hydrogen-bond acceptors (Lipinski definition) is 3. The smallest absolute Gasteiger partial charge is 0.326 e. The van der Waals surface area contributed by atoms with Crippen LogP contribution in [0.4, 0.5) is 4.79 Å². The fourth-order valence-corrected chi connectivity index (χ4v) is 2.61. The van der Waals surface area contributed by atoms with Gasteiger partial charge in [-0.1, -0.05) is 37.3 Å². The number of aliphatic carboxylic acids is 1. The number of urea groups is 1. The minimum atomic E-state index is -1.09. The van der Waals surface area contributed by atoms with Crippen molar-refractivity contribution in [2.24, 2.45) is 0 Å². The Morgan fingerprint density at radius 3 is 2.62 bits per heavy atom. The molecule has 6 nitrogen and oxygen atoms in total. The maximum absolute atomic E-state index is 12.3. The molecule has 0 saturated carbocycles. The number of rotatable bonds is 4. The Hall–Kier alpha value is -2.08. The van der Waals surface area contributed by atoms with E-state index in [1.165, 1.54) is 4.90 Å². The van der Waals surface area contributed by atoms with E-state index >= 15 is 0 Å². The number of likely N-dealkylation sites (tertiary alicyclic amines) is 1. The number of carbonyl (C=O) groups excluding carboxylic acids is 1. The van der Waals surface area contributed by atoms with Gasteiger partial charge < -0.3 is 20.4 Å². The van der Waals surface area contributed by atoms with Gasteiger partial charge in [0, 0.05) is 13.0 Å². The van der Waals surface area contributed by atoms with Gasteiger partial charge in [0.2, 0.25) is 0 Å². The molecule has 0 spiro atoms. The van der Waals surface area contributed by atoms with Crippen LogP contribution in [0.15, 0.2) is 30.3 Å². The highest BCUT2D eigenvalue weighted by atomic mass is 16.4. The van der Waals surface area contributed by atoms with Crippen molar-refractivity contribution in [1.29, 1.82) is 0 Å². The largest absolute Gasteiger partial charge is 0.480 e. The molecule has 1 aromatic carbocycles. The minimum Gasteiger partial charge on any atom is -0.480 e. The lowest BCUT2D eigenvalue weighted by atomic mass is 10.1. The molecule has 1 saturated heterocycles. The van der Waals surface area contributed by atoms with Crippen LogP contribution >= 0.6 is 0 Å². The Kier molecular flexibility index (Phi) is 4.80. The maximum atomic E-state index is 12.3. The van der Waals surface area contributed by atoms with Crippen molar-refractivity contribution in [2.75, 3.05) is 6.54 Å². The summed E-state index contributed by atoms with van der Waals surface area (Å²) in [5, 5.41) is 21.6. The van der Waals surface area contributed by atoms with E-state index < -0.39 is 24.1 Å². The van der Waals surface area contributed by atoms with Crippen LogP contribution < -0.4 is 5.32 Å². The van der Waals surface area contributed by atoms with Crippen molar-refractivity contribution >= 4 is 12.0 Å². The average molecular weight is 292 g/mol. The number of aliphatic hydroxyl groups excluding tert-OH is 1. The van der Waals surface area contributed by atoms with Crippen molar-refractivity contribution < 1.29 is 19.8 Å². The number of nitrogens with one attached hydrogen (secondary N) is 1. The van der Waals surface area contributed by atoms with Gasteiger partial charge in [0.05, 0.1) is 12.1 Å². The van der Waals surface area contributed by atoms with E-state index in [1.807, 2.05) is 37.3 Å². The predicted molar refractivity (Wildman–Crippen MR) is 76.8 cm³/mol. The summed E-state index contributed by atoms with van der Waals surface area (Å²) < 4.78 is 0. The molecule has 0 bridgehead atoms. The van der Waals surface area contributed by atoms with Crippen molar-refractivity contribution in [3.8, 4) is 0 Å². The Morgan fingerprint density at radius 2 is 2.05 bits per heavy atom. The van der Waals surface area contributed by atoms with E-state index in [-0.39, 0.29) is 19.0 Å². The van der Waals surface area contributed by atoms with Crippen LogP contribution in [0.3, 0.4) is 0 Å². The lowest BCUT2D eigenvalue weighted by Gasteiger charge is -2.25. The molecule has 3 N–H and O–H groups in total. The zero-order chi connectivity index (χ0) is 15.4. The van der Waals surface area contributed by atoms with E-state index in [4.69, 9.17) is 5.11 Å². The first-order chi connectivity index (χ1) is 10.0. The predicted octanol–water partition coefficient (Wildman–Crippen LogP) is 1.37. The third-order valence-electron chi connectivity index (χ3n) is 3.73. The van der Waals surface area contributed by atoms with Gasteiger partial charge in [-0.3, -0.25) is 0 Å². The monoisotopic (exact) mass is 292 g/mol. The van der Waals surface area contributed by atoms with E-state index in [9.17, 15) is 14.7 Å². The number of carboxylic acids is 1. The molecule has 1 aliphatic rings. The Bertz CT molecular complexity index is 506. The van der Waals surface area contributed by atoms with Crippen LogP contribution in [0.1, 0.15) is 31.4 Å². The normalized spacial score (nSPS) is 22.9. The molecule has 0 aliphatic carbocycles. The molecule has 0 radical (unpaired) electrons. The molecule has 1 aromatic rings. The molecule has 1 fully saturated rings. The van der Waals surface area contributed by atoms with Crippen molar-refractivity contribution in [3.63, 3.8) is 0 Å². The van der Waals surface area contributed by atoms with Crippen molar-refractivity contribution in [3.05, 3.63) is 35.9 Å². The number of amides is 2. The van der Waals surface area contributed by atoms with Crippen LogP contribution in [0.2, 0.25) is 0 Å². The molecule has 1 heterocycles. The summed E-state index contributed by atoms with van der Waals surface area (Å²) >= 11 is 0. The van der Waals surface area contributed by atoms with Gasteiger partial charge in [0.1, 0.15) is 6.04 Å². The fourth-order valence-electron chi connectivity index (χ4n) is 2.61. The second kappa shape index (κ2) is 6.58. The molecule has 3 atom stereocenters. The van der Waals surface area contributed by atoms with Gasteiger partial charge in [-0.05, 0) is 12.0 Å². The van der Waals surface area contributed by atoms with Crippen LogP contribution in [0, 0.1) is 0 Å². The third kappa shape index (κ3) is 3.52. The number of nitrogens with zero attached hydrogens (tertiary/aromatic N) is 1. The molecule has 2 unspecified atom stereocenters. The Labute approximate surface area is 123 Å². The topological polar surface area (TPSA) is 89.9 Å². The van der Waals surface area contributed by atoms with Gasteiger partial charge >= 0.3 is 12.0 Å². The van der Waals surface area contributed by atoms with E-state index in [0.29, 0.717) is 6.42 Å². The summed E-state index contributed by atoms with van der Waals surface area (Å²) in [5.74, 6) is -1.09. The van der Waals surface area contributed by atoms with Gasteiger partial charge in [0.25, 0.3) is 0 Å². The summed E-state index contributed by atoms with van der Waals surface area (Å²) in [6.45, 7) is 2.00. The summed E-state index contributed by atoms with van der Waals surface area (Å²) in [6.07, 6.45) is -0.0111. The van der Waals surface area contributed by atoms with Gasteiger partial charge in [0.15, 0.2) is 0 Å². The molecule has 2 rings (SSSR count). The van der Waals surface area contributed by atoms with E-state index in [2.05, 4.69) is 5.32 Å². The molecule has 6 heteroatoms. The zero-order valence-corrected chi connectivity index (χ0v) is 11.9. The van der Waals surface area contributed by atoms with Gasteiger partial charge in [-0.25, -0.2) is 9.59 Å². The van der Waals surface area contributed by atoms with Crippen LogP contribution in [0.25, 0.3) is 0 Å². The summed E-state index contributed by atoms with van der Waals surface area (Å²) in [4.78, 5) is 24.6. The quantitative estimate of drug-likeness (QED) is 0.781. The fraction of sp³-hybridized carbons (Fsp3) is 0.467. The zero-order valence-electron chi connectivity index (χ0n) is 11.9. The third-order valence-corrected chi connectivity index (χ3v) is 3.73. The first-order valence-corrected chi connectivity index (χ1v) is 7.05. The first-order valence-electron chi connectivity index (χ1n) is 7.05. The first kappa shape index (κ1) is 15.3. The van der Waals surface area contributed by atoms with E-state index in [0.717, 1.165) is 5.56 Å².